The van der Waals surface area contributed by atoms with E-state index in [2.05, 4.69) is 4.98 Å². The van der Waals surface area contributed by atoms with Crippen molar-refractivity contribution in [2.75, 3.05) is 0 Å². The van der Waals surface area contributed by atoms with E-state index in [1.807, 2.05) is 17.5 Å². The van der Waals surface area contributed by atoms with Crippen molar-refractivity contribution >= 4 is 40.4 Å². The van der Waals surface area contributed by atoms with Gasteiger partial charge in [0.2, 0.25) is 0 Å². The van der Waals surface area contributed by atoms with Crippen molar-refractivity contribution in [2.24, 2.45) is 0 Å². The van der Waals surface area contributed by atoms with E-state index in [0.717, 1.165) is 4.21 Å². The van der Waals surface area contributed by atoms with Crippen molar-refractivity contribution in [1.29, 1.82) is 0 Å². The largest absolute Gasteiger partial charge is 0.275 e. The van der Waals surface area contributed by atoms with Crippen LogP contribution in [0.1, 0.15) is 0 Å². The van der Waals surface area contributed by atoms with Gasteiger partial charge in [0.1, 0.15) is 10.2 Å². The van der Waals surface area contributed by atoms with Crippen LogP contribution in [-0.2, 0) is 0 Å². The second kappa shape index (κ2) is 4.82. The summed E-state index contributed by atoms with van der Waals surface area (Å²) in [5.41, 5.74) is -0.0425. The summed E-state index contributed by atoms with van der Waals surface area (Å²) in [5, 5.41) is 13.2. The monoisotopic (exact) mass is 272 g/mol. The summed E-state index contributed by atoms with van der Waals surface area (Å²) >= 11 is 8.62. The van der Waals surface area contributed by atoms with Crippen LogP contribution in [0.15, 0.2) is 38.9 Å². The van der Waals surface area contributed by atoms with E-state index in [0.29, 0.717) is 5.03 Å². The molecule has 4 nitrogen and oxygen atoms in total. The van der Waals surface area contributed by atoms with Crippen LogP contribution in [0.5, 0.6) is 0 Å². The van der Waals surface area contributed by atoms with Gasteiger partial charge in [-0.15, -0.1) is 11.3 Å². The molecule has 0 bridgehead atoms. The summed E-state index contributed by atoms with van der Waals surface area (Å²) in [6.45, 7) is 0. The van der Waals surface area contributed by atoms with Gasteiger partial charge in [0.25, 0.3) is 5.69 Å². The molecule has 0 aromatic carbocycles. The molecule has 2 heterocycles. The first-order valence-corrected chi connectivity index (χ1v) is 6.26. The molecule has 2 aromatic rings. The maximum absolute atomic E-state index is 10.6. The fraction of sp³-hybridized carbons (Fsp3) is 0. The number of pyridine rings is 1. The van der Waals surface area contributed by atoms with Crippen molar-refractivity contribution in [3.8, 4) is 0 Å². The van der Waals surface area contributed by atoms with Gasteiger partial charge in [0.15, 0.2) is 0 Å². The Bertz CT molecular complexity index is 516. The van der Waals surface area contributed by atoms with Crippen molar-refractivity contribution in [3.05, 3.63) is 44.9 Å². The second-order valence-electron chi connectivity index (χ2n) is 2.78. The van der Waals surface area contributed by atoms with E-state index >= 15 is 0 Å². The average molecular weight is 273 g/mol. The third kappa shape index (κ3) is 2.72. The molecule has 0 saturated carbocycles. The molecule has 0 fully saturated rings. The molecule has 0 aliphatic heterocycles. The SMILES string of the molecule is O=[N+]([O-])c1cc(Cl)nc(Sc2cccs2)c1. The molecule has 0 amide bonds. The number of nitrogens with zero attached hydrogens (tertiary/aromatic N) is 2. The van der Waals surface area contributed by atoms with Crippen LogP contribution < -0.4 is 0 Å². The highest BCUT2D eigenvalue weighted by Gasteiger charge is 2.11. The van der Waals surface area contributed by atoms with Crippen molar-refractivity contribution in [3.63, 3.8) is 0 Å². The highest BCUT2D eigenvalue weighted by Crippen LogP contribution is 2.32. The fourth-order valence-corrected chi connectivity index (χ4v) is 3.04. The van der Waals surface area contributed by atoms with Gasteiger partial charge in [-0.1, -0.05) is 29.4 Å². The number of thiophene rings is 1. The summed E-state index contributed by atoms with van der Waals surface area (Å²) in [5.74, 6) is 0. The topological polar surface area (TPSA) is 56.0 Å². The van der Waals surface area contributed by atoms with Gasteiger partial charge in [-0.05, 0) is 11.4 Å². The first-order valence-electron chi connectivity index (χ1n) is 4.18. The Hall–Kier alpha value is -1.11. The minimum atomic E-state index is -0.480. The summed E-state index contributed by atoms with van der Waals surface area (Å²) in [6, 6.07) is 6.48. The second-order valence-corrected chi connectivity index (χ2v) is 5.43. The summed E-state index contributed by atoms with van der Waals surface area (Å²) in [4.78, 5) is 14.2. The van der Waals surface area contributed by atoms with Crippen LogP contribution in [0.25, 0.3) is 0 Å². The molecular weight excluding hydrogens is 268 g/mol. The van der Waals surface area contributed by atoms with Gasteiger partial charge >= 0.3 is 0 Å². The van der Waals surface area contributed by atoms with Gasteiger partial charge in [-0.3, -0.25) is 10.1 Å². The molecule has 2 aromatic heterocycles. The maximum Gasteiger partial charge on any atom is 0.275 e. The molecule has 7 heteroatoms. The van der Waals surface area contributed by atoms with Crippen LogP contribution in [0.4, 0.5) is 5.69 Å². The van der Waals surface area contributed by atoms with E-state index < -0.39 is 4.92 Å². The van der Waals surface area contributed by atoms with E-state index in [-0.39, 0.29) is 10.8 Å². The lowest BCUT2D eigenvalue weighted by molar-refractivity contribution is -0.385. The quantitative estimate of drug-likeness (QED) is 0.484. The summed E-state index contributed by atoms with van der Waals surface area (Å²) < 4.78 is 1.02. The maximum atomic E-state index is 10.6. The van der Waals surface area contributed by atoms with Crippen LogP contribution in [-0.4, -0.2) is 9.91 Å². The Kier molecular flexibility index (Phi) is 3.42. The van der Waals surface area contributed by atoms with E-state index in [1.165, 1.54) is 23.9 Å². The molecule has 0 aliphatic carbocycles. The number of nitro groups is 1. The zero-order valence-corrected chi connectivity index (χ0v) is 10.2. The minimum Gasteiger partial charge on any atom is -0.258 e. The Labute approximate surface area is 104 Å². The standard InChI is InChI=1S/C9H5ClN2O2S2/c10-7-4-6(12(13)14)5-8(11-7)16-9-2-1-3-15-9/h1-5H. The molecule has 0 unspecified atom stereocenters. The molecule has 0 saturated heterocycles. The number of aromatic nitrogens is 1. The lowest BCUT2D eigenvalue weighted by Crippen LogP contribution is -1.90. The number of hydrogen-bond acceptors (Lipinski definition) is 5. The Morgan fingerprint density at radius 3 is 2.94 bits per heavy atom. The number of hydrogen-bond donors (Lipinski definition) is 0. The van der Waals surface area contributed by atoms with Crippen LogP contribution in [0, 0.1) is 10.1 Å². The molecule has 0 atom stereocenters. The first-order chi connectivity index (χ1) is 7.65. The van der Waals surface area contributed by atoms with Crippen molar-refractivity contribution < 1.29 is 4.92 Å². The third-order valence-corrected chi connectivity index (χ3v) is 3.82. The van der Waals surface area contributed by atoms with Crippen LogP contribution >= 0.6 is 34.7 Å². The summed E-state index contributed by atoms with van der Waals surface area (Å²) in [7, 11) is 0. The average Bonchev–Trinajstić information content (AvgIpc) is 2.69. The molecule has 2 rings (SSSR count). The first kappa shape index (κ1) is 11.4. The summed E-state index contributed by atoms with van der Waals surface area (Å²) in [6.07, 6.45) is 0. The van der Waals surface area contributed by atoms with Gasteiger partial charge in [-0.25, -0.2) is 4.98 Å². The van der Waals surface area contributed by atoms with E-state index in [9.17, 15) is 10.1 Å². The van der Waals surface area contributed by atoms with Gasteiger partial charge in [-0.2, -0.15) is 0 Å². The Morgan fingerprint density at radius 1 is 1.50 bits per heavy atom. The predicted octanol–water partition coefficient (Wildman–Crippen LogP) is 3.86. The smallest absolute Gasteiger partial charge is 0.258 e. The zero-order chi connectivity index (χ0) is 11.5. The van der Waals surface area contributed by atoms with Crippen molar-refractivity contribution in [1.82, 2.24) is 4.98 Å². The number of halogens is 1. The molecular formula is C9H5ClN2O2S2. The molecule has 0 spiro atoms. The van der Waals surface area contributed by atoms with E-state index in [1.54, 1.807) is 11.3 Å². The number of rotatable bonds is 3. The lowest BCUT2D eigenvalue weighted by Gasteiger charge is -1.98. The zero-order valence-electron chi connectivity index (χ0n) is 7.79. The normalized spacial score (nSPS) is 10.3. The molecule has 0 radical (unpaired) electrons. The fourth-order valence-electron chi connectivity index (χ4n) is 1.04. The van der Waals surface area contributed by atoms with Gasteiger partial charge in [0, 0.05) is 6.07 Å². The Balaban J connectivity index is 2.31. The van der Waals surface area contributed by atoms with E-state index in [4.69, 9.17) is 11.6 Å². The van der Waals surface area contributed by atoms with Gasteiger partial charge in [0.05, 0.1) is 15.2 Å². The lowest BCUT2D eigenvalue weighted by atomic mass is 10.4. The molecule has 0 N–H and O–H groups in total. The minimum absolute atomic E-state index is 0.0425. The highest BCUT2D eigenvalue weighted by molar-refractivity contribution is 8.01. The van der Waals surface area contributed by atoms with Crippen LogP contribution in [0.2, 0.25) is 5.15 Å². The highest BCUT2D eigenvalue weighted by atomic mass is 35.5. The molecule has 0 aliphatic rings. The third-order valence-electron chi connectivity index (χ3n) is 1.67. The van der Waals surface area contributed by atoms with Crippen LogP contribution in [0.3, 0.4) is 0 Å². The molecule has 82 valence electrons. The van der Waals surface area contributed by atoms with Gasteiger partial charge < -0.3 is 0 Å². The predicted molar refractivity (Wildman–Crippen MR) is 64.3 cm³/mol. The molecule has 16 heavy (non-hydrogen) atoms. The van der Waals surface area contributed by atoms with Crippen molar-refractivity contribution in [2.45, 2.75) is 9.24 Å². The Morgan fingerprint density at radius 2 is 2.31 bits per heavy atom.